The maximum absolute atomic E-state index is 10.9. The summed E-state index contributed by atoms with van der Waals surface area (Å²) in [5.74, 6) is -0.808. The van der Waals surface area contributed by atoms with Crippen LogP contribution >= 0.6 is 0 Å². The third-order valence-electron chi connectivity index (χ3n) is 1.27. The molecule has 0 unspecified atom stereocenters. The Bertz CT molecular complexity index is 383. The molecule has 1 aromatic carbocycles. The fourth-order valence-electron chi connectivity index (χ4n) is 0.809. The van der Waals surface area contributed by atoms with Crippen LogP contribution in [0.5, 0.6) is 5.75 Å². The smallest absolute Gasteiger partial charge is 0.871 e. The van der Waals surface area contributed by atoms with Crippen LogP contribution in [0.3, 0.4) is 0 Å². The Morgan fingerprint density at radius 2 is 1.92 bits per heavy atom. The molecule has 0 aromatic heterocycles. The molecule has 0 amide bonds. The van der Waals surface area contributed by atoms with Crippen molar-refractivity contribution >= 4 is 15.8 Å². The topological polar surface area (TPSA) is 103 Å². The number of rotatable bonds is 1. The third kappa shape index (κ3) is 2.85. The summed E-state index contributed by atoms with van der Waals surface area (Å²) in [4.78, 5) is -0.759. The fourth-order valence-corrected chi connectivity index (χ4v) is 1.50. The predicted molar refractivity (Wildman–Crippen MR) is 40.1 cm³/mol. The first-order chi connectivity index (χ1) is 5.43. The Kier molecular flexibility index (Phi) is 4.21. The van der Waals surface area contributed by atoms with Gasteiger partial charge in [0.1, 0.15) is 4.90 Å². The van der Waals surface area contributed by atoms with Crippen molar-refractivity contribution in [3.63, 3.8) is 0 Å². The van der Waals surface area contributed by atoms with Crippen molar-refractivity contribution in [1.82, 2.24) is 0 Å². The number of hydrogen-bond donors (Lipinski definition) is 2. The molecule has 0 fully saturated rings. The molecule has 0 aliphatic heterocycles. The third-order valence-corrected chi connectivity index (χ3v) is 2.22. The molecule has 3 N–H and O–H groups in total. The van der Waals surface area contributed by atoms with Crippen LogP contribution in [0.15, 0.2) is 23.1 Å². The van der Waals surface area contributed by atoms with Crippen LogP contribution in [-0.4, -0.2) is 13.0 Å². The maximum atomic E-state index is 10.9. The van der Waals surface area contributed by atoms with Gasteiger partial charge in [-0.15, -0.1) is 0 Å². The molecule has 1 rings (SSSR count). The molecule has 0 heterocycles. The van der Waals surface area contributed by atoms with Crippen LogP contribution in [0.2, 0.25) is 0 Å². The first-order valence-electron chi connectivity index (χ1n) is 2.96. The van der Waals surface area contributed by atoms with E-state index >= 15 is 0 Å². The van der Waals surface area contributed by atoms with E-state index in [9.17, 15) is 13.5 Å². The van der Waals surface area contributed by atoms with Crippen LogP contribution in [0.1, 0.15) is 0 Å². The molecule has 0 spiro atoms. The van der Waals surface area contributed by atoms with E-state index in [1.807, 2.05) is 0 Å². The van der Waals surface area contributed by atoms with E-state index < -0.39 is 20.8 Å². The van der Waals surface area contributed by atoms with E-state index in [2.05, 4.69) is 0 Å². The minimum Gasteiger partial charge on any atom is -0.871 e. The molecule has 66 valence electrons. The zero-order chi connectivity index (χ0) is 9.35. The van der Waals surface area contributed by atoms with Gasteiger partial charge in [0, 0.05) is 0 Å². The SMILES string of the molecule is Nc1cccc([O-])c1S(=O)(=O)O.[Na+]. The zero-order valence-corrected chi connectivity index (χ0v) is 9.71. The molecule has 1 aromatic rings. The maximum Gasteiger partial charge on any atom is 1.00 e. The van der Waals surface area contributed by atoms with Crippen LogP contribution in [0.25, 0.3) is 0 Å². The van der Waals surface area contributed by atoms with Crippen molar-refractivity contribution in [1.29, 1.82) is 0 Å². The Hall–Kier alpha value is -0.270. The van der Waals surface area contributed by atoms with Crippen molar-refractivity contribution in [2.24, 2.45) is 0 Å². The first-order valence-corrected chi connectivity index (χ1v) is 4.40. The molecule has 5 nitrogen and oxygen atoms in total. The normalized spacial score (nSPS) is 10.5. The Labute approximate surface area is 97.6 Å². The molecule has 0 aliphatic carbocycles. The van der Waals surface area contributed by atoms with Gasteiger partial charge >= 0.3 is 29.6 Å². The van der Waals surface area contributed by atoms with Crippen molar-refractivity contribution in [3.8, 4) is 5.75 Å². The number of nitrogen functional groups attached to an aromatic ring is 1. The summed E-state index contributed by atoms with van der Waals surface area (Å²) in [7, 11) is -4.50. The van der Waals surface area contributed by atoms with Crippen molar-refractivity contribution in [2.75, 3.05) is 5.73 Å². The van der Waals surface area contributed by atoms with Crippen molar-refractivity contribution in [3.05, 3.63) is 18.2 Å². The largest absolute Gasteiger partial charge is 1.00 e. The minimum atomic E-state index is -4.50. The molecule has 7 heteroatoms. The van der Waals surface area contributed by atoms with E-state index in [0.717, 1.165) is 6.07 Å². The second-order valence-electron chi connectivity index (χ2n) is 2.15. The number of benzene rings is 1. The van der Waals surface area contributed by atoms with E-state index in [0.29, 0.717) is 0 Å². The molecule has 0 aliphatic rings. The Morgan fingerprint density at radius 1 is 1.38 bits per heavy atom. The standard InChI is InChI=1S/C6H7NO4S.Na/c7-4-2-1-3-5(8)6(4)12(9,10)11;/h1-3,8H,7H2,(H,9,10,11);/q;+1/p-1. The summed E-state index contributed by atoms with van der Waals surface area (Å²) in [6.45, 7) is 0. The zero-order valence-electron chi connectivity index (χ0n) is 6.89. The molecule has 0 saturated carbocycles. The molecule has 0 bridgehead atoms. The summed E-state index contributed by atoms with van der Waals surface area (Å²) >= 11 is 0. The number of anilines is 1. The van der Waals surface area contributed by atoms with Gasteiger partial charge in [0.2, 0.25) is 0 Å². The number of hydrogen-bond acceptors (Lipinski definition) is 4. The Balaban J connectivity index is 0.00000144. The van der Waals surface area contributed by atoms with Crippen LogP contribution in [0, 0.1) is 0 Å². The van der Waals surface area contributed by atoms with Gasteiger partial charge in [0.25, 0.3) is 10.1 Å². The second kappa shape index (κ2) is 4.30. The fraction of sp³-hybridized carbons (Fsp3) is 0. The van der Waals surface area contributed by atoms with Crippen LogP contribution < -0.4 is 40.4 Å². The molecule has 0 saturated heterocycles. The average Bonchev–Trinajstić information content (AvgIpc) is 1.82. The van der Waals surface area contributed by atoms with Gasteiger partial charge in [-0.2, -0.15) is 8.42 Å². The molecule has 0 radical (unpaired) electrons. The van der Waals surface area contributed by atoms with Gasteiger partial charge in [0.15, 0.2) is 0 Å². The molecular formula is C6H6NNaO4S. The molecular weight excluding hydrogens is 205 g/mol. The molecule has 13 heavy (non-hydrogen) atoms. The van der Waals surface area contributed by atoms with Gasteiger partial charge in [-0.25, -0.2) is 0 Å². The summed E-state index contributed by atoms with van der Waals surface area (Å²) in [5.41, 5.74) is 4.92. The van der Waals surface area contributed by atoms with E-state index in [1.165, 1.54) is 12.1 Å². The minimum absolute atomic E-state index is 0. The molecule has 0 atom stereocenters. The van der Waals surface area contributed by atoms with Crippen LogP contribution in [-0.2, 0) is 10.1 Å². The summed E-state index contributed by atoms with van der Waals surface area (Å²) in [5, 5.41) is 10.9. The Morgan fingerprint density at radius 3 is 2.23 bits per heavy atom. The first kappa shape index (κ1) is 12.7. The van der Waals surface area contributed by atoms with Crippen LogP contribution in [0.4, 0.5) is 5.69 Å². The van der Waals surface area contributed by atoms with Gasteiger partial charge in [-0.3, -0.25) is 4.55 Å². The summed E-state index contributed by atoms with van der Waals surface area (Å²) < 4.78 is 29.6. The van der Waals surface area contributed by atoms with E-state index in [-0.39, 0.29) is 35.2 Å². The summed E-state index contributed by atoms with van der Waals surface area (Å²) in [6.07, 6.45) is 0. The van der Waals surface area contributed by atoms with Gasteiger partial charge in [0.05, 0.1) is 5.69 Å². The van der Waals surface area contributed by atoms with Gasteiger partial charge < -0.3 is 10.8 Å². The number of nitrogens with two attached hydrogens (primary N) is 1. The quantitative estimate of drug-likeness (QED) is 0.286. The average molecular weight is 211 g/mol. The second-order valence-corrected chi connectivity index (χ2v) is 3.51. The summed E-state index contributed by atoms with van der Waals surface area (Å²) in [6, 6.07) is 3.55. The van der Waals surface area contributed by atoms with E-state index in [4.69, 9.17) is 10.3 Å². The monoisotopic (exact) mass is 211 g/mol. The predicted octanol–water partition coefficient (Wildman–Crippen LogP) is -3.41. The van der Waals surface area contributed by atoms with E-state index in [1.54, 1.807) is 0 Å². The van der Waals surface area contributed by atoms with Crippen molar-refractivity contribution < 1.29 is 47.6 Å². The van der Waals surface area contributed by atoms with Gasteiger partial charge in [-0.1, -0.05) is 17.9 Å². The van der Waals surface area contributed by atoms with Gasteiger partial charge in [-0.05, 0) is 6.07 Å². The van der Waals surface area contributed by atoms with Crippen molar-refractivity contribution in [2.45, 2.75) is 4.90 Å².